The summed E-state index contributed by atoms with van der Waals surface area (Å²) in [5, 5.41) is 7.53. The van der Waals surface area contributed by atoms with Crippen molar-refractivity contribution in [1.29, 1.82) is 0 Å². The summed E-state index contributed by atoms with van der Waals surface area (Å²) in [7, 11) is 0. The maximum Gasteiger partial charge on any atom is 0.0541 e. The van der Waals surface area contributed by atoms with E-state index in [-0.39, 0.29) is 0 Å². The second kappa shape index (κ2) is 10.4. The van der Waals surface area contributed by atoms with Gasteiger partial charge in [-0.2, -0.15) is 0 Å². The molecule has 8 aromatic carbocycles. The molecule has 1 nitrogen and oxygen atoms in total. The molecule has 0 fully saturated rings. The van der Waals surface area contributed by atoms with Gasteiger partial charge in [-0.1, -0.05) is 127 Å². The van der Waals surface area contributed by atoms with E-state index in [1.54, 1.807) is 0 Å². The van der Waals surface area contributed by atoms with E-state index >= 15 is 0 Å². The van der Waals surface area contributed by atoms with E-state index in [9.17, 15) is 0 Å². The van der Waals surface area contributed by atoms with Crippen LogP contribution in [0.4, 0.5) is 0 Å². The van der Waals surface area contributed by atoms with Gasteiger partial charge in [0.2, 0.25) is 0 Å². The second-order valence-corrected chi connectivity index (χ2v) is 11.8. The molecule has 0 aliphatic carbocycles. The largest absolute Gasteiger partial charge is 0.309 e. The fraction of sp³-hybridized carbons (Fsp3) is 0. The number of benzene rings is 8. The second-order valence-electron chi connectivity index (χ2n) is 11.8. The summed E-state index contributed by atoms with van der Waals surface area (Å²) >= 11 is 0. The third kappa shape index (κ3) is 4.24. The molecule has 0 radical (unpaired) electrons. The van der Waals surface area contributed by atoms with Crippen LogP contribution in [0, 0.1) is 0 Å². The zero-order valence-electron chi connectivity index (χ0n) is 24.7. The summed E-state index contributed by atoms with van der Waals surface area (Å²) in [5.74, 6) is 0. The first kappa shape index (κ1) is 25.6. The smallest absolute Gasteiger partial charge is 0.0541 e. The van der Waals surface area contributed by atoms with Crippen LogP contribution in [0.15, 0.2) is 176 Å². The first-order chi connectivity index (χ1) is 22.3. The van der Waals surface area contributed by atoms with Gasteiger partial charge in [-0.15, -0.1) is 0 Å². The molecule has 0 amide bonds. The third-order valence-corrected chi connectivity index (χ3v) is 9.16. The number of para-hydroxylation sites is 1. The minimum atomic E-state index is 1.17. The zero-order chi connectivity index (χ0) is 29.7. The number of rotatable bonds is 4. The maximum atomic E-state index is 2.40. The van der Waals surface area contributed by atoms with Crippen molar-refractivity contribution in [2.24, 2.45) is 0 Å². The molecule has 0 aliphatic heterocycles. The molecule has 0 saturated carbocycles. The van der Waals surface area contributed by atoms with Crippen molar-refractivity contribution < 1.29 is 0 Å². The lowest BCUT2D eigenvalue weighted by Crippen LogP contribution is -1.93. The summed E-state index contributed by atoms with van der Waals surface area (Å²) in [6, 6.07) is 64.1. The van der Waals surface area contributed by atoms with Gasteiger partial charge in [0.05, 0.1) is 11.0 Å². The third-order valence-electron chi connectivity index (χ3n) is 9.16. The van der Waals surface area contributed by atoms with Gasteiger partial charge in [0, 0.05) is 16.5 Å². The average Bonchev–Trinajstić information content (AvgIpc) is 3.44. The normalized spacial score (nSPS) is 11.6. The van der Waals surface area contributed by atoms with Crippen LogP contribution >= 0.6 is 0 Å². The lowest BCUT2D eigenvalue weighted by molar-refractivity contribution is 1.18. The van der Waals surface area contributed by atoms with Crippen LogP contribution in [-0.2, 0) is 0 Å². The Morgan fingerprint density at radius 3 is 1.47 bits per heavy atom. The van der Waals surface area contributed by atoms with E-state index < -0.39 is 0 Å². The molecule has 0 aliphatic rings. The summed E-state index contributed by atoms with van der Waals surface area (Å²) in [4.78, 5) is 0. The number of nitrogens with zero attached hydrogens (tertiary/aromatic N) is 1. The van der Waals surface area contributed by atoms with Crippen LogP contribution in [0.25, 0.3) is 82.4 Å². The minimum absolute atomic E-state index is 1.17. The van der Waals surface area contributed by atoms with Crippen molar-refractivity contribution >= 4 is 43.4 Å². The van der Waals surface area contributed by atoms with Crippen LogP contribution in [0.3, 0.4) is 0 Å². The van der Waals surface area contributed by atoms with E-state index in [2.05, 4.69) is 180 Å². The molecular formula is C44H29N. The highest BCUT2D eigenvalue weighted by Crippen LogP contribution is 2.41. The molecule has 45 heavy (non-hydrogen) atoms. The van der Waals surface area contributed by atoms with Gasteiger partial charge in [0.25, 0.3) is 0 Å². The van der Waals surface area contributed by atoms with E-state index in [4.69, 9.17) is 0 Å². The van der Waals surface area contributed by atoms with Crippen molar-refractivity contribution in [2.45, 2.75) is 0 Å². The molecule has 1 aromatic heterocycles. The Morgan fingerprint density at radius 1 is 0.289 bits per heavy atom. The highest BCUT2D eigenvalue weighted by atomic mass is 15.0. The van der Waals surface area contributed by atoms with Crippen molar-refractivity contribution in [3.05, 3.63) is 176 Å². The highest BCUT2D eigenvalue weighted by molar-refractivity contribution is 6.13. The van der Waals surface area contributed by atoms with Crippen molar-refractivity contribution in [3.63, 3.8) is 0 Å². The number of fused-ring (bicyclic) bond motifs is 5. The summed E-state index contributed by atoms with van der Waals surface area (Å²) in [5.41, 5.74) is 11.0. The summed E-state index contributed by atoms with van der Waals surface area (Å²) in [6.45, 7) is 0. The van der Waals surface area contributed by atoms with Gasteiger partial charge < -0.3 is 4.57 Å². The van der Waals surface area contributed by atoms with Gasteiger partial charge in [-0.3, -0.25) is 0 Å². The quantitative estimate of drug-likeness (QED) is 0.198. The molecule has 0 spiro atoms. The lowest BCUT2D eigenvalue weighted by atomic mass is 9.91. The molecule has 1 heterocycles. The molecule has 9 aromatic rings. The van der Waals surface area contributed by atoms with Crippen LogP contribution in [0.1, 0.15) is 0 Å². The Hall–Kier alpha value is -5.92. The zero-order valence-corrected chi connectivity index (χ0v) is 24.7. The van der Waals surface area contributed by atoms with Crippen LogP contribution in [0.5, 0.6) is 0 Å². The minimum Gasteiger partial charge on any atom is -0.309 e. The first-order valence-electron chi connectivity index (χ1n) is 15.5. The fourth-order valence-electron chi connectivity index (χ4n) is 7.03. The average molecular weight is 572 g/mol. The Labute approximate surface area is 262 Å². The molecule has 0 unspecified atom stereocenters. The molecule has 210 valence electrons. The number of hydrogen-bond donors (Lipinski definition) is 0. The SMILES string of the molecule is c1ccc(-c2cc3ccccc3cc2-c2ccc3c(c2)c2cc(-c4cccc5ccccc45)ccc2n3-c2ccccc2)cc1. The Balaban J connectivity index is 1.34. The monoisotopic (exact) mass is 571 g/mol. The van der Waals surface area contributed by atoms with Crippen molar-refractivity contribution in [3.8, 4) is 39.1 Å². The molecule has 0 saturated heterocycles. The number of hydrogen-bond acceptors (Lipinski definition) is 0. The molecule has 0 N–H and O–H groups in total. The summed E-state index contributed by atoms with van der Waals surface area (Å²) in [6.07, 6.45) is 0. The Kier molecular flexibility index (Phi) is 5.89. The first-order valence-corrected chi connectivity index (χ1v) is 15.5. The summed E-state index contributed by atoms with van der Waals surface area (Å²) < 4.78 is 2.40. The number of aromatic nitrogens is 1. The van der Waals surface area contributed by atoms with E-state index in [1.807, 2.05) is 0 Å². The van der Waals surface area contributed by atoms with Gasteiger partial charge in [-0.05, 0) is 103 Å². The maximum absolute atomic E-state index is 2.40. The van der Waals surface area contributed by atoms with E-state index in [1.165, 1.54) is 82.4 Å². The van der Waals surface area contributed by atoms with Gasteiger partial charge >= 0.3 is 0 Å². The molecular weight excluding hydrogens is 542 g/mol. The van der Waals surface area contributed by atoms with Crippen LogP contribution in [0.2, 0.25) is 0 Å². The van der Waals surface area contributed by atoms with Crippen molar-refractivity contribution in [2.75, 3.05) is 0 Å². The van der Waals surface area contributed by atoms with E-state index in [0.29, 0.717) is 0 Å². The predicted octanol–water partition coefficient (Wildman–Crippen LogP) is 12.1. The predicted molar refractivity (Wildman–Crippen MR) is 192 cm³/mol. The highest BCUT2D eigenvalue weighted by Gasteiger charge is 2.17. The van der Waals surface area contributed by atoms with Crippen LogP contribution < -0.4 is 0 Å². The van der Waals surface area contributed by atoms with Crippen molar-refractivity contribution in [1.82, 2.24) is 4.57 Å². The Bertz CT molecular complexity index is 2510. The van der Waals surface area contributed by atoms with Gasteiger partial charge in [0.1, 0.15) is 0 Å². The standard InChI is InChI=1S/C44H29N/c1-3-12-31(13-4-1)39-26-32-15-7-8-16-33(32)27-40(39)35-23-25-44-42(29-35)41-28-34(38-21-11-17-30-14-9-10-20-37(30)38)22-24-43(41)45(44)36-18-5-2-6-19-36/h1-29H. The van der Waals surface area contributed by atoms with Crippen LogP contribution in [-0.4, -0.2) is 4.57 Å². The van der Waals surface area contributed by atoms with Gasteiger partial charge in [0.15, 0.2) is 0 Å². The van der Waals surface area contributed by atoms with Gasteiger partial charge in [-0.25, -0.2) is 0 Å². The molecule has 9 rings (SSSR count). The van der Waals surface area contributed by atoms with E-state index in [0.717, 1.165) is 0 Å². The lowest BCUT2D eigenvalue weighted by Gasteiger charge is -2.13. The fourth-order valence-corrected chi connectivity index (χ4v) is 7.03. The molecule has 0 atom stereocenters. The molecule has 1 heteroatoms. The Morgan fingerprint density at radius 2 is 0.800 bits per heavy atom. The molecule has 0 bridgehead atoms. The topological polar surface area (TPSA) is 4.93 Å².